The number of sulfonamides is 1. The van der Waals surface area contributed by atoms with E-state index in [-0.39, 0.29) is 35.6 Å². The van der Waals surface area contributed by atoms with Crippen molar-refractivity contribution in [3.8, 4) is 17.2 Å². The van der Waals surface area contributed by atoms with Crippen LogP contribution in [0.15, 0.2) is 47.6 Å². The average Bonchev–Trinajstić information content (AvgIpc) is 3.49. The van der Waals surface area contributed by atoms with E-state index in [4.69, 9.17) is 14.2 Å². The van der Waals surface area contributed by atoms with Crippen molar-refractivity contribution in [1.29, 1.82) is 0 Å². The molecular weight excluding hydrogens is 422 g/mol. The van der Waals surface area contributed by atoms with Gasteiger partial charge in [0, 0.05) is 24.7 Å². The summed E-state index contributed by atoms with van der Waals surface area (Å²) in [6.45, 7) is 0.0281. The summed E-state index contributed by atoms with van der Waals surface area (Å²) in [6.07, 6.45) is 4.74. The molecule has 31 heavy (non-hydrogen) atoms. The number of hydrogen-bond acceptors (Lipinski definition) is 7. The third kappa shape index (κ3) is 4.59. The molecule has 166 valence electrons. The van der Waals surface area contributed by atoms with Gasteiger partial charge in [0.15, 0.2) is 0 Å². The van der Waals surface area contributed by atoms with Gasteiger partial charge in [-0.1, -0.05) is 0 Å². The normalized spacial score (nSPS) is 21.5. The fourth-order valence-electron chi connectivity index (χ4n) is 3.60. The molecule has 2 unspecified atom stereocenters. The molecule has 1 aliphatic heterocycles. The van der Waals surface area contributed by atoms with E-state index in [1.165, 1.54) is 30.7 Å². The van der Waals surface area contributed by atoms with E-state index in [0.29, 0.717) is 11.5 Å². The van der Waals surface area contributed by atoms with Crippen LogP contribution in [-0.2, 0) is 14.8 Å². The first-order chi connectivity index (χ1) is 14.9. The van der Waals surface area contributed by atoms with Gasteiger partial charge < -0.3 is 19.5 Å². The molecule has 2 fully saturated rings. The first kappa shape index (κ1) is 21.4. The fourth-order valence-corrected chi connectivity index (χ4v) is 5.41. The summed E-state index contributed by atoms with van der Waals surface area (Å²) in [5.74, 6) is 0.761. The molecule has 1 saturated carbocycles. The Morgan fingerprint density at radius 1 is 1.16 bits per heavy atom. The van der Waals surface area contributed by atoms with Crippen molar-refractivity contribution in [3.63, 3.8) is 0 Å². The second kappa shape index (κ2) is 8.72. The number of benzene rings is 1. The van der Waals surface area contributed by atoms with Crippen LogP contribution in [0.2, 0.25) is 0 Å². The molecule has 2 aromatic rings. The summed E-state index contributed by atoms with van der Waals surface area (Å²) in [4.78, 5) is 16.9. The largest absolute Gasteiger partial charge is 0.497 e. The van der Waals surface area contributed by atoms with Crippen LogP contribution in [0.25, 0.3) is 0 Å². The molecule has 2 heterocycles. The van der Waals surface area contributed by atoms with E-state index in [1.807, 2.05) is 0 Å². The maximum Gasteiger partial charge on any atom is 0.247 e. The Hall–Kier alpha value is -2.85. The molecule has 4 rings (SSSR count). The number of aromatic nitrogens is 1. The predicted octanol–water partition coefficient (Wildman–Crippen LogP) is 1.59. The SMILES string of the molecule is COc1ccc(OC)c(S(=O)(=O)N2CC(Oc3cccnc3)CC2C(=O)NC2CC2)c1. The molecule has 1 aromatic carbocycles. The number of carbonyl (C=O) groups is 1. The smallest absolute Gasteiger partial charge is 0.247 e. The standard InChI is InChI=1S/C21H25N3O6S/c1-28-15-7-8-19(29-2)20(11-15)31(26,27)24-13-17(30-16-4-3-9-22-12-16)10-18(24)21(25)23-14-5-6-14/h3-4,7-9,11-12,14,17-18H,5-6,10,13H2,1-2H3,(H,23,25). The van der Waals surface area contributed by atoms with Gasteiger partial charge in [0.2, 0.25) is 15.9 Å². The Balaban J connectivity index is 1.66. The van der Waals surface area contributed by atoms with E-state index in [1.54, 1.807) is 30.6 Å². The number of nitrogens with one attached hydrogen (secondary N) is 1. The summed E-state index contributed by atoms with van der Waals surface area (Å²) < 4.78 is 44.9. The zero-order chi connectivity index (χ0) is 22.0. The predicted molar refractivity (Wildman–Crippen MR) is 112 cm³/mol. The van der Waals surface area contributed by atoms with Crippen molar-refractivity contribution < 1.29 is 27.4 Å². The van der Waals surface area contributed by atoms with E-state index in [0.717, 1.165) is 12.8 Å². The number of rotatable bonds is 8. The molecule has 1 amide bonds. The number of methoxy groups -OCH3 is 2. The third-order valence-electron chi connectivity index (χ3n) is 5.34. The van der Waals surface area contributed by atoms with Gasteiger partial charge in [-0.2, -0.15) is 4.31 Å². The van der Waals surface area contributed by atoms with Gasteiger partial charge in [0.1, 0.15) is 34.3 Å². The average molecular weight is 448 g/mol. The highest BCUT2D eigenvalue weighted by atomic mass is 32.2. The molecular formula is C21H25N3O6S. The molecule has 1 aliphatic carbocycles. The molecule has 2 aliphatic rings. The molecule has 2 atom stereocenters. The zero-order valence-corrected chi connectivity index (χ0v) is 18.2. The summed E-state index contributed by atoms with van der Waals surface area (Å²) in [6, 6.07) is 7.26. The first-order valence-corrected chi connectivity index (χ1v) is 11.5. The number of carbonyl (C=O) groups excluding carboxylic acids is 1. The lowest BCUT2D eigenvalue weighted by Gasteiger charge is -2.24. The van der Waals surface area contributed by atoms with Gasteiger partial charge in [-0.25, -0.2) is 8.42 Å². The lowest BCUT2D eigenvalue weighted by atomic mass is 10.2. The minimum atomic E-state index is -4.08. The maximum absolute atomic E-state index is 13.6. The van der Waals surface area contributed by atoms with Crippen LogP contribution in [0.3, 0.4) is 0 Å². The van der Waals surface area contributed by atoms with Gasteiger partial charge in [-0.3, -0.25) is 9.78 Å². The fraction of sp³-hybridized carbons (Fsp3) is 0.429. The van der Waals surface area contributed by atoms with Gasteiger partial charge in [0.05, 0.1) is 27.0 Å². The second-order valence-electron chi connectivity index (χ2n) is 7.55. The molecule has 9 nitrogen and oxygen atoms in total. The second-order valence-corrected chi connectivity index (χ2v) is 9.41. The van der Waals surface area contributed by atoms with Gasteiger partial charge in [-0.15, -0.1) is 0 Å². The molecule has 0 radical (unpaired) electrons. The summed E-state index contributed by atoms with van der Waals surface area (Å²) in [5.41, 5.74) is 0. The van der Waals surface area contributed by atoms with Crippen LogP contribution >= 0.6 is 0 Å². The highest BCUT2D eigenvalue weighted by molar-refractivity contribution is 7.89. The van der Waals surface area contributed by atoms with Gasteiger partial charge >= 0.3 is 0 Å². The van der Waals surface area contributed by atoms with Crippen molar-refractivity contribution in [2.24, 2.45) is 0 Å². The number of amides is 1. The van der Waals surface area contributed by atoms with Crippen molar-refractivity contribution in [2.75, 3.05) is 20.8 Å². The van der Waals surface area contributed by atoms with Crippen LogP contribution in [0.5, 0.6) is 17.2 Å². The lowest BCUT2D eigenvalue weighted by Crippen LogP contribution is -2.46. The highest BCUT2D eigenvalue weighted by Gasteiger charge is 2.46. The monoisotopic (exact) mass is 447 g/mol. The van der Waals surface area contributed by atoms with E-state index < -0.39 is 22.2 Å². The Kier molecular flexibility index (Phi) is 6.01. The zero-order valence-electron chi connectivity index (χ0n) is 17.4. The first-order valence-electron chi connectivity index (χ1n) is 10.0. The van der Waals surface area contributed by atoms with Crippen LogP contribution in [0.4, 0.5) is 0 Å². The van der Waals surface area contributed by atoms with Gasteiger partial charge in [-0.05, 0) is 37.1 Å². The van der Waals surface area contributed by atoms with E-state index >= 15 is 0 Å². The Labute approximate surface area is 181 Å². The quantitative estimate of drug-likeness (QED) is 0.655. The third-order valence-corrected chi connectivity index (χ3v) is 7.23. The highest BCUT2D eigenvalue weighted by Crippen LogP contribution is 2.35. The van der Waals surface area contributed by atoms with Crippen LogP contribution in [0.1, 0.15) is 19.3 Å². The van der Waals surface area contributed by atoms with Crippen molar-refractivity contribution in [1.82, 2.24) is 14.6 Å². The minimum Gasteiger partial charge on any atom is -0.497 e. The number of nitrogens with zero attached hydrogens (tertiary/aromatic N) is 2. The number of hydrogen-bond donors (Lipinski definition) is 1. The van der Waals surface area contributed by atoms with Gasteiger partial charge in [0.25, 0.3) is 0 Å². The molecule has 10 heteroatoms. The summed E-state index contributed by atoms with van der Waals surface area (Å²) in [7, 11) is -1.22. The Morgan fingerprint density at radius 2 is 1.97 bits per heavy atom. The molecule has 0 bridgehead atoms. The van der Waals surface area contributed by atoms with E-state index in [2.05, 4.69) is 10.3 Å². The van der Waals surface area contributed by atoms with Crippen molar-refractivity contribution >= 4 is 15.9 Å². The molecule has 0 spiro atoms. The summed E-state index contributed by atoms with van der Waals surface area (Å²) >= 11 is 0. The minimum absolute atomic E-state index is 0.0281. The van der Waals surface area contributed by atoms with Crippen LogP contribution in [-0.4, -0.2) is 62.6 Å². The van der Waals surface area contributed by atoms with E-state index in [9.17, 15) is 13.2 Å². The number of pyridine rings is 1. The maximum atomic E-state index is 13.6. The number of ether oxygens (including phenoxy) is 3. The van der Waals surface area contributed by atoms with Crippen LogP contribution in [0, 0.1) is 0 Å². The molecule has 1 N–H and O–H groups in total. The topological polar surface area (TPSA) is 107 Å². The van der Waals surface area contributed by atoms with Crippen LogP contribution < -0.4 is 19.5 Å². The lowest BCUT2D eigenvalue weighted by molar-refractivity contribution is -0.124. The Bertz CT molecular complexity index is 1040. The molecule has 1 aromatic heterocycles. The van der Waals surface area contributed by atoms with Crippen molar-refractivity contribution in [3.05, 3.63) is 42.7 Å². The molecule has 1 saturated heterocycles. The van der Waals surface area contributed by atoms with Crippen molar-refractivity contribution in [2.45, 2.75) is 42.3 Å². The summed E-state index contributed by atoms with van der Waals surface area (Å²) in [5, 5.41) is 2.92. The Morgan fingerprint density at radius 3 is 2.61 bits per heavy atom.